The Morgan fingerprint density at radius 3 is 2.36 bits per heavy atom. The van der Waals surface area contributed by atoms with Crippen LogP contribution in [0.15, 0.2) is 42.5 Å². The molecule has 33 heavy (non-hydrogen) atoms. The normalized spacial score (nSPS) is 17.6. The van der Waals surface area contributed by atoms with Gasteiger partial charge >= 0.3 is 6.03 Å². The molecule has 3 amide bonds. The van der Waals surface area contributed by atoms with E-state index in [4.69, 9.17) is 4.74 Å². The van der Waals surface area contributed by atoms with E-state index in [1.165, 1.54) is 12.1 Å². The number of anilines is 3. The highest BCUT2D eigenvalue weighted by Crippen LogP contribution is 2.29. The number of benzene rings is 2. The van der Waals surface area contributed by atoms with Crippen LogP contribution in [0.2, 0.25) is 0 Å². The highest BCUT2D eigenvalue weighted by atomic mass is 16.6. The standard InChI is InChI=1S/C23H27N5O5/c29-22(20-14-18(28(31)32)9-10-21(20)27-11-1-2-12-27)25-16-5-7-17(8-6-16)26-23(30)24-15-19-4-3-13-33-19/h5-10,14,19H,1-4,11-13,15H2,(H,25,29)(H2,24,26,30). The van der Waals surface area contributed by atoms with Crippen molar-refractivity contribution in [2.75, 3.05) is 41.8 Å². The van der Waals surface area contributed by atoms with Crippen molar-refractivity contribution in [2.24, 2.45) is 0 Å². The number of carbonyl (C=O) groups is 2. The number of non-ortho nitro benzene ring substituents is 1. The zero-order valence-electron chi connectivity index (χ0n) is 18.2. The smallest absolute Gasteiger partial charge is 0.319 e. The van der Waals surface area contributed by atoms with Crippen LogP contribution < -0.4 is 20.9 Å². The van der Waals surface area contributed by atoms with Crippen molar-refractivity contribution in [3.8, 4) is 0 Å². The zero-order valence-corrected chi connectivity index (χ0v) is 18.2. The lowest BCUT2D eigenvalue weighted by atomic mass is 10.1. The Morgan fingerprint density at radius 2 is 1.73 bits per heavy atom. The number of nitrogens with one attached hydrogen (secondary N) is 3. The van der Waals surface area contributed by atoms with Crippen LogP contribution in [0.5, 0.6) is 0 Å². The first-order chi connectivity index (χ1) is 16.0. The fraction of sp³-hybridized carbons (Fsp3) is 0.391. The van der Waals surface area contributed by atoms with E-state index in [9.17, 15) is 19.7 Å². The molecule has 2 aliphatic heterocycles. The van der Waals surface area contributed by atoms with E-state index in [2.05, 4.69) is 20.9 Å². The quantitative estimate of drug-likeness (QED) is 0.433. The molecule has 0 spiro atoms. The van der Waals surface area contributed by atoms with E-state index < -0.39 is 10.8 Å². The van der Waals surface area contributed by atoms with Crippen LogP contribution in [-0.4, -0.2) is 49.2 Å². The number of hydrogen-bond donors (Lipinski definition) is 3. The van der Waals surface area contributed by atoms with Crippen molar-refractivity contribution < 1.29 is 19.2 Å². The first kappa shape index (κ1) is 22.5. The molecule has 2 aliphatic rings. The van der Waals surface area contributed by atoms with E-state index >= 15 is 0 Å². The maximum absolute atomic E-state index is 13.0. The van der Waals surface area contributed by atoms with Crippen molar-refractivity contribution in [1.82, 2.24) is 5.32 Å². The molecule has 4 rings (SSSR count). The minimum Gasteiger partial charge on any atom is -0.376 e. The Labute approximate surface area is 191 Å². The summed E-state index contributed by atoms with van der Waals surface area (Å²) in [6.07, 6.45) is 4.06. The molecule has 2 aromatic rings. The van der Waals surface area contributed by atoms with Crippen molar-refractivity contribution in [3.63, 3.8) is 0 Å². The fourth-order valence-electron chi connectivity index (χ4n) is 4.08. The highest BCUT2D eigenvalue weighted by Gasteiger charge is 2.23. The van der Waals surface area contributed by atoms with Gasteiger partial charge in [0, 0.05) is 49.7 Å². The molecule has 2 saturated heterocycles. The van der Waals surface area contributed by atoms with E-state index in [-0.39, 0.29) is 23.4 Å². The van der Waals surface area contributed by atoms with Crippen LogP contribution in [0.25, 0.3) is 0 Å². The summed E-state index contributed by atoms with van der Waals surface area (Å²) < 4.78 is 5.48. The molecule has 0 radical (unpaired) electrons. The predicted molar refractivity (Wildman–Crippen MR) is 125 cm³/mol. The molecule has 2 fully saturated rings. The summed E-state index contributed by atoms with van der Waals surface area (Å²) in [6, 6.07) is 10.7. The minimum atomic E-state index is -0.505. The van der Waals surface area contributed by atoms with Gasteiger partial charge in [-0.3, -0.25) is 14.9 Å². The Balaban J connectivity index is 1.39. The molecule has 2 aromatic carbocycles. The van der Waals surface area contributed by atoms with Crippen LogP contribution in [0.1, 0.15) is 36.0 Å². The first-order valence-corrected chi connectivity index (χ1v) is 11.1. The lowest BCUT2D eigenvalue weighted by Gasteiger charge is -2.21. The third-order valence-corrected chi connectivity index (χ3v) is 5.80. The van der Waals surface area contributed by atoms with Gasteiger partial charge < -0.3 is 25.6 Å². The summed E-state index contributed by atoms with van der Waals surface area (Å²) in [7, 11) is 0. The number of nitrogens with zero attached hydrogens (tertiary/aromatic N) is 2. The van der Waals surface area contributed by atoms with Crippen LogP contribution in [-0.2, 0) is 4.74 Å². The molecule has 1 unspecified atom stereocenters. The van der Waals surface area contributed by atoms with Gasteiger partial charge in [-0.15, -0.1) is 0 Å². The number of amides is 3. The molecular formula is C23H27N5O5. The second-order valence-electron chi connectivity index (χ2n) is 8.15. The SMILES string of the molecule is O=C(NCC1CCCO1)Nc1ccc(NC(=O)c2cc([N+](=O)[O-])ccc2N2CCCC2)cc1. The van der Waals surface area contributed by atoms with Gasteiger partial charge in [0.1, 0.15) is 0 Å². The number of carbonyl (C=O) groups excluding carboxylic acids is 2. The number of hydrogen-bond acceptors (Lipinski definition) is 6. The first-order valence-electron chi connectivity index (χ1n) is 11.1. The fourth-order valence-corrected chi connectivity index (χ4v) is 4.08. The summed E-state index contributed by atoms with van der Waals surface area (Å²) in [6.45, 7) is 2.82. The van der Waals surface area contributed by atoms with Crippen LogP contribution in [0, 0.1) is 10.1 Å². The number of rotatable bonds is 7. The van der Waals surface area contributed by atoms with Crippen molar-refractivity contribution in [2.45, 2.75) is 31.8 Å². The van der Waals surface area contributed by atoms with Crippen molar-refractivity contribution >= 4 is 34.7 Å². The number of nitro benzene ring substituents is 1. The largest absolute Gasteiger partial charge is 0.376 e. The molecule has 10 heteroatoms. The number of ether oxygens (including phenoxy) is 1. The van der Waals surface area contributed by atoms with Crippen LogP contribution in [0.3, 0.4) is 0 Å². The second-order valence-corrected chi connectivity index (χ2v) is 8.15. The van der Waals surface area contributed by atoms with E-state index in [1.54, 1.807) is 30.3 Å². The second kappa shape index (κ2) is 10.3. The molecule has 2 heterocycles. The molecular weight excluding hydrogens is 426 g/mol. The lowest BCUT2D eigenvalue weighted by Crippen LogP contribution is -2.35. The molecule has 0 aromatic heterocycles. The third-order valence-electron chi connectivity index (χ3n) is 5.80. The molecule has 1 atom stereocenters. The predicted octanol–water partition coefficient (Wildman–Crippen LogP) is 3.75. The molecule has 0 saturated carbocycles. The molecule has 174 valence electrons. The number of urea groups is 1. The van der Waals surface area contributed by atoms with Gasteiger partial charge in [-0.05, 0) is 56.0 Å². The zero-order chi connectivity index (χ0) is 23.2. The highest BCUT2D eigenvalue weighted by molar-refractivity contribution is 6.08. The van der Waals surface area contributed by atoms with Gasteiger partial charge in [0.15, 0.2) is 0 Å². The maximum atomic E-state index is 13.0. The molecule has 0 bridgehead atoms. The van der Waals surface area contributed by atoms with Gasteiger partial charge in [0.05, 0.1) is 22.3 Å². The average Bonchev–Trinajstić information content (AvgIpc) is 3.53. The average molecular weight is 453 g/mol. The number of nitro groups is 1. The van der Waals surface area contributed by atoms with E-state index in [1.807, 2.05) is 0 Å². The Morgan fingerprint density at radius 1 is 1.03 bits per heavy atom. The summed E-state index contributed by atoms with van der Waals surface area (Å²) in [4.78, 5) is 37.8. The van der Waals surface area contributed by atoms with Gasteiger partial charge in [-0.1, -0.05) is 0 Å². The van der Waals surface area contributed by atoms with Gasteiger partial charge in [-0.2, -0.15) is 0 Å². The monoisotopic (exact) mass is 453 g/mol. The van der Waals surface area contributed by atoms with Gasteiger partial charge in [0.2, 0.25) is 0 Å². The molecule has 3 N–H and O–H groups in total. The van der Waals surface area contributed by atoms with Gasteiger partial charge in [-0.25, -0.2) is 4.79 Å². The summed E-state index contributed by atoms with van der Waals surface area (Å²) in [5.41, 5.74) is 1.92. The van der Waals surface area contributed by atoms with E-state index in [0.717, 1.165) is 45.4 Å². The molecule has 0 aliphatic carbocycles. The van der Waals surface area contributed by atoms with Gasteiger partial charge in [0.25, 0.3) is 11.6 Å². The summed E-state index contributed by atoms with van der Waals surface area (Å²) in [5, 5.41) is 19.6. The molecule has 10 nitrogen and oxygen atoms in total. The maximum Gasteiger partial charge on any atom is 0.319 e. The van der Waals surface area contributed by atoms with E-state index in [0.29, 0.717) is 23.6 Å². The third kappa shape index (κ3) is 5.78. The van der Waals surface area contributed by atoms with Crippen molar-refractivity contribution in [3.05, 3.63) is 58.1 Å². The Hall–Kier alpha value is -3.66. The Kier molecular flexibility index (Phi) is 7.04. The lowest BCUT2D eigenvalue weighted by molar-refractivity contribution is -0.384. The van der Waals surface area contributed by atoms with Crippen molar-refractivity contribution in [1.29, 1.82) is 0 Å². The minimum absolute atomic E-state index is 0.0626. The Bertz CT molecular complexity index is 1010. The summed E-state index contributed by atoms with van der Waals surface area (Å²) in [5.74, 6) is -0.421. The topological polar surface area (TPSA) is 126 Å². The van der Waals surface area contributed by atoms with Crippen LogP contribution in [0.4, 0.5) is 27.5 Å². The van der Waals surface area contributed by atoms with Crippen LogP contribution >= 0.6 is 0 Å². The summed E-state index contributed by atoms with van der Waals surface area (Å²) >= 11 is 0.